The van der Waals surface area contributed by atoms with Gasteiger partial charge in [-0.15, -0.1) is 0 Å². The Morgan fingerprint density at radius 2 is 1.50 bits per heavy atom. The maximum absolute atomic E-state index is 12.9. The normalized spacial score (nSPS) is 14.9. The van der Waals surface area contributed by atoms with Crippen LogP contribution in [0.3, 0.4) is 0 Å². The second kappa shape index (κ2) is 9.58. The molecule has 0 radical (unpaired) electrons. The summed E-state index contributed by atoms with van der Waals surface area (Å²) < 4.78 is 32.8. The van der Waals surface area contributed by atoms with Gasteiger partial charge in [-0.2, -0.15) is 4.31 Å². The van der Waals surface area contributed by atoms with Gasteiger partial charge in [0.2, 0.25) is 5.09 Å². The van der Waals surface area contributed by atoms with Gasteiger partial charge in [0.15, 0.2) is 0 Å². The van der Waals surface area contributed by atoms with Crippen molar-refractivity contribution in [2.24, 2.45) is 0 Å². The standard InChI is InChI=1S/C24H27N3O4S/c1-18-21(17-22(31-18)32(29,30)27-15-9-4-10-16-27)25-24(28)26-23(19-11-5-2-6-12-19)20-13-7-3-8-14-20/h2-3,5-8,11-14,17,23H,4,9-10,15-16H2,1H3,(H2,25,26,28). The molecule has 0 bridgehead atoms. The van der Waals surface area contributed by atoms with E-state index in [1.807, 2.05) is 60.7 Å². The topological polar surface area (TPSA) is 91.7 Å². The van der Waals surface area contributed by atoms with E-state index >= 15 is 0 Å². The van der Waals surface area contributed by atoms with Crippen molar-refractivity contribution in [2.75, 3.05) is 18.4 Å². The highest BCUT2D eigenvalue weighted by molar-refractivity contribution is 7.89. The molecule has 168 valence electrons. The summed E-state index contributed by atoms with van der Waals surface area (Å²) in [5.74, 6) is 0.340. The summed E-state index contributed by atoms with van der Waals surface area (Å²) in [5.41, 5.74) is 2.20. The maximum atomic E-state index is 12.9. The molecule has 0 unspecified atom stereocenters. The summed E-state index contributed by atoms with van der Waals surface area (Å²) >= 11 is 0. The first-order valence-corrected chi connectivity index (χ1v) is 12.2. The van der Waals surface area contributed by atoms with Gasteiger partial charge in [-0.3, -0.25) is 0 Å². The largest absolute Gasteiger partial charge is 0.446 e. The van der Waals surface area contributed by atoms with Crippen LogP contribution >= 0.6 is 0 Å². The fourth-order valence-corrected chi connectivity index (χ4v) is 5.37. The van der Waals surface area contributed by atoms with Crippen molar-refractivity contribution in [3.63, 3.8) is 0 Å². The molecule has 2 N–H and O–H groups in total. The van der Waals surface area contributed by atoms with Crippen molar-refractivity contribution < 1.29 is 17.6 Å². The molecule has 4 rings (SSSR count). The zero-order chi connectivity index (χ0) is 22.6. The van der Waals surface area contributed by atoms with Crippen molar-refractivity contribution >= 4 is 21.7 Å². The Hall–Kier alpha value is -3.10. The number of urea groups is 1. The quantitative estimate of drug-likeness (QED) is 0.567. The van der Waals surface area contributed by atoms with Crippen LogP contribution in [0.4, 0.5) is 10.5 Å². The van der Waals surface area contributed by atoms with Crippen LogP contribution in [0.15, 0.2) is 76.2 Å². The smallest absolute Gasteiger partial charge is 0.320 e. The van der Waals surface area contributed by atoms with Gasteiger partial charge < -0.3 is 15.1 Å². The number of nitrogens with one attached hydrogen (secondary N) is 2. The van der Waals surface area contributed by atoms with Gasteiger partial charge in [-0.25, -0.2) is 13.2 Å². The van der Waals surface area contributed by atoms with Crippen LogP contribution in [0.5, 0.6) is 0 Å². The lowest BCUT2D eigenvalue weighted by Gasteiger charge is -2.24. The highest BCUT2D eigenvalue weighted by Crippen LogP contribution is 2.28. The molecule has 2 amide bonds. The van der Waals surface area contributed by atoms with E-state index in [2.05, 4.69) is 10.6 Å². The maximum Gasteiger partial charge on any atom is 0.320 e. The van der Waals surface area contributed by atoms with Gasteiger partial charge in [-0.1, -0.05) is 67.1 Å². The number of amides is 2. The van der Waals surface area contributed by atoms with Crippen LogP contribution in [0.25, 0.3) is 0 Å². The number of hydrogen-bond donors (Lipinski definition) is 2. The van der Waals surface area contributed by atoms with Crippen molar-refractivity contribution in [3.8, 4) is 0 Å². The second-order valence-electron chi connectivity index (χ2n) is 7.85. The summed E-state index contributed by atoms with van der Waals surface area (Å²) in [4.78, 5) is 12.9. The van der Waals surface area contributed by atoms with E-state index in [4.69, 9.17) is 4.42 Å². The van der Waals surface area contributed by atoms with Gasteiger partial charge in [0.25, 0.3) is 10.0 Å². The Morgan fingerprint density at radius 1 is 0.938 bits per heavy atom. The number of carbonyl (C=O) groups is 1. The molecule has 3 aromatic rings. The third-order valence-corrected chi connectivity index (χ3v) is 7.35. The molecule has 0 saturated carbocycles. The molecule has 1 aromatic heterocycles. The molecule has 8 heteroatoms. The van der Waals surface area contributed by atoms with E-state index in [1.165, 1.54) is 10.4 Å². The van der Waals surface area contributed by atoms with Gasteiger partial charge >= 0.3 is 6.03 Å². The van der Waals surface area contributed by atoms with Gasteiger partial charge in [0.05, 0.1) is 11.7 Å². The third-order valence-electron chi connectivity index (χ3n) is 5.59. The SMILES string of the molecule is Cc1oc(S(=O)(=O)N2CCCCC2)cc1NC(=O)NC(c1ccccc1)c1ccccc1. The Balaban J connectivity index is 1.52. The number of anilines is 1. The number of carbonyl (C=O) groups excluding carboxylic acids is 1. The van der Waals surface area contributed by atoms with Crippen LogP contribution < -0.4 is 10.6 Å². The predicted octanol–water partition coefficient (Wildman–Crippen LogP) is 4.67. The lowest BCUT2D eigenvalue weighted by atomic mass is 9.99. The molecule has 2 heterocycles. The highest BCUT2D eigenvalue weighted by atomic mass is 32.2. The lowest BCUT2D eigenvalue weighted by molar-refractivity contribution is 0.250. The number of benzene rings is 2. The Bertz CT molecular complexity index is 1110. The van der Waals surface area contributed by atoms with Crippen LogP contribution in [-0.4, -0.2) is 31.8 Å². The first kappa shape index (κ1) is 22.1. The van der Waals surface area contributed by atoms with Crippen molar-refractivity contribution in [3.05, 3.63) is 83.6 Å². The van der Waals surface area contributed by atoms with Crippen LogP contribution in [0, 0.1) is 6.92 Å². The fourth-order valence-electron chi connectivity index (χ4n) is 3.88. The molecule has 7 nitrogen and oxygen atoms in total. The molecule has 1 saturated heterocycles. The van der Waals surface area contributed by atoms with Crippen molar-refractivity contribution in [2.45, 2.75) is 37.3 Å². The number of sulfonamides is 1. The van der Waals surface area contributed by atoms with E-state index in [0.717, 1.165) is 30.4 Å². The molecular formula is C24H27N3O4S. The molecule has 1 aliphatic heterocycles. The van der Waals surface area contributed by atoms with Crippen molar-refractivity contribution in [1.82, 2.24) is 9.62 Å². The van der Waals surface area contributed by atoms with Gasteiger partial charge in [0.1, 0.15) is 5.76 Å². The van der Waals surface area contributed by atoms with Crippen LogP contribution in [-0.2, 0) is 10.0 Å². The predicted molar refractivity (Wildman–Crippen MR) is 123 cm³/mol. The summed E-state index contributed by atoms with van der Waals surface area (Å²) in [7, 11) is -3.71. The van der Waals surface area contributed by atoms with Crippen LogP contribution in [0.1, 0.15) is 42.2 Å². The minimum absolute atomic E-state index is 0.144. The monoisotopic (exact) mass is 453 g/mol. The molecule has 1 aliphatic rings. The Kier molecular flexibility index (Phi) is 6.62. The average Bonchev–Trinajstić information content (AvgIpc) is 3.20. The van der Waals surface area contributed by atoms with Gasteiger partial charge in [-0.05, 0) is 30.9 Å². The second-order valence-corrected chi connectivity index (χ2v) is 9.72. The number of nitrogens with zero attached hydrogens (tertiary/aromatic N) is 1. The van der Waals surface area contributed by atoms with Gasteiger partial charge in [0, 0.05) is 19.2 Å². The first-order chi connectivity index (χ1) is 15.4. The molecular weight excluding hydrogens is 426 g/mol. The molecule has 32 heavy (non-hydrogen) atoms. The molecule has 0 spiro atoms. The van der Waals surface area contributed by atoms with E-state index < -0.39 is 16.1 Å². The summed E-state index contributed by atoms with van der Waals surface area (Å²) in [6.07, 6.45) is 2.71. The Labute approximate surface area is 188 Å². The summed E-state index contributed by atoms with van der Waals surface area (Å²) in [6, 6.07) is 19.9. The molecule has 2 aromatic carbocycles. The van der Waals surface area contributed by atoms with Crippen molar-refractivity contribution in [1.29, 1.82) is 0 Å². The number of piperidine rings is 1. The van der Waals surface area contributed by atoms with E-state index in [-0.39, 0.29) is 11.1 Å². The van der Waals surface area contributed by atoms with E-state index in [1.54, 1.807) is 6.92 Å². The number of rotatable bonds is 6. The number of aryl methyl sites for hydroxylation is 1. The fraction of sp³-hybridized carbons (Fsp3) is 0.292. The summed E-state index contributed by atoms with van der Waals surface area (Å²) in [6.45, 7) is 2.61. The number of hydrogen-bond acceptors (Lipinski definition) is 4. The van der Waals surface area contributed by atoms with Crippen LogP contribution in [0.2, 0.25) is 0 Å². The first-order valence-electron chi connectivity index (χ1n) is 10.7. The molecule has 0 aliphatic carbocycles. The highest BCUT2D eigenvalue weighted by Gasteiger charge is 2.30. The minimum Gasteiger partial charge on any atom is -0.446 e. The molecule has 1 fully saturated rings. The van der Waals surface area contributed by atoms with E-state index in [9.17, 15) is 13.2 Å². The minimum atomic E-state index is -3.71. The zero-order valence-electron chi connectivity index (χ0n) is 18.0. The Morgan fingerprint density at radius 3 is 2.06 bits per heavy atom. The lowest BCUT2D eigenvalue weighted by Crippen LogP contribution is -2.35. The average molecular weight is 454 g/mol. The third kappa shape index (κ3) is 4.87. The zero-order valence-corrected chi connectivity index (χ0v) is 18.8. The number of furan rings is 1. The molecule has 0 atom stereocenters. The van der Waals surface area contributed by atoms with E-state index in [0.29, 0.717) is 24.5 Å². The summed E-state index contributed by atoms with van der Waals surface area (Å²) in [5, 5.41) is 5.59.